The summed E-state index contributed by atoms with van der Waals surface area (Å²) in [6.45, 7) is 0. The quantitative estimate of drug-likeness (QED) is 0.597. The predicted octanol–water partition coefficient (Wildman–Crippen LogP) is 1.27. The Morgan fingerprint density at radius 2 is 1.75 bits per heavy atom. The molecule has 0 atom stereocenters. The Kier molecular flexibility index (Phi) is 1.99. The summed E-state index contributed by atoms with van der Waals surface area (Å²) >= 11 is 0. The van der Waals surface area contributed by atoms with E-state index in [4.69, 9.17) is 14.5 Å². The van der Waals surface area contributed by atoms with Gasteiger partial charge in [0.25, 0.3) is 0 Å². The van der Waals surface area contributed by atoms with Crippen LogP contribution in [-0.2, 0) is 0 Å². The highest BCUT2D eigenvalue weighted by molar-refractivity contribution is 6.59. The summed E-state index contributed by atoms with van der Waals surface area (Å²) in [7, 11) is -1.44. The van der Waals surface area contributed by atoms with E-state index < -0.39 is 7.12 Å². The van der Waals surface area contributed by atoms with Crippen LogP contribution in [-0.4, -0.2) is 17.2 Å². The summed E-state index contributed by atoms with van der Waals surface area (Å²) in [5.74, 6) is 0. The lowest BCUT2D eigenvalue weighted by Crippen LogP contribution is -2.29. The number of hydrogen-bond acceptors (Lipinski definition) is 3. The van der Waals surface area contributed by atoms with E-state index in [2.05, 4.69) is 0 Å². The zero-order valence-corrected chi connectivity index (χ0v) is 8.42. The Morgan fingerprint density at radius 3 is 2.56 bits per heavy atom. The van der Waals surface area contributed by atoms with Gasteiger partial charge in [-0.2, -0.15) is 0 Å². The van der Waals surface area contributed by atoms with E-state index in [-0.39, 0.29) is 0 Å². The van der Waals surface area contributed by atoms with E-state index in [1.54, 1.807) is 18.4 Å². The highest BCUT2D eigenvalue weighted by Gasteiger charge is 2.12. The maximum absolute atomic E-state index is 9.14. The third-order valence-corrected chi connectivity index (χ3v) is 2.78. The molecule has 0 radical (unpaired) electrons. The Hall–Kier alpha value is -1.78. The number of furan rings is 1. The maximum atomic E-state index is 9.14. The molecule has 0 aliphatic heterocycles. The third kappa shape index (κ3) is 1.32. The normalized spacial score (nSPS) is 11.1. The van der Waals surface area contributed by atoms with Gasteiger partial charge < -0.3 is 14.5 Å². The molecule has 0 saturated carbocycles. The van der Waals surface area contributed by atoms with Gasteiger partial charge in [0.1, 0.15) is 5.58 Å². The van der Waals surface area contributed by atoms with Crippen LogP contribution < -0.4 is 5.46 Å². The zero-order chi connectivity index (χ0) is 11.1. The summed E-state index contributed by atoms with van der Waals surface area (Å²) in [5.41, 5.74) is 1.29. The monoisotopic (exact) mass is 212 g/mol. The fourth-order valence-corrected chi connectivity index (χ4v) is 1.95. The summed E-state index contributed by atoms with van der Waals surface area (Å²) in [6.07, 6.45) is 1.63. The average molecular weight is 212 g/mol. The van der Waals surface area contributed by atoms with Crippen LogP contribution in [0.3, 0.4) is 0 Å². The fourth-order valence-electron chi connectivity index (χ4n) is 1.95. The molecule has 0 aliphatic rings. The molecular weight excluding hydrogens is 203 g/mol. The van der Waals surface area contributed by atoms with Gasteiger partial charge in [-0.1, -0.05) is 24.3 Å². The van der Waals surface area contributed by atoms with Crippen LogP contribution >= 0.6 is 0 Å². The summed E-state index contributed by atoms with van der Waals surface area (Å²) < 4.78 is 5.30. The van der Waals surface area contributed by atoms with Crippen molar-refractivity contribution in [2.45, 2.75) is 0 Å². The summed E-state index contributed by atoms with van der Waals surface area (Å²) in [5, 5.41) is 21.3. The topological polar surface area (TPSA) is 53.6 Å². The van der Waals surface area contributed by atoms with Gasteiger partial charge in [0, 0.05) is 5.39 Å². The number of hydrogen-bond donors (Lipinski definition) is 2. The SMILES string of the molecule is OB(O)c1ccc2ccc3occc3c2c1. The molecule has 0 bridgehead atoms. The second-order valence-corrected chi connectivity index (χ2v) is 3.75. The first-order chi connectivity index (χ1) is 7.75. The molecule has 2 aromatic carbocycles. The lowest BCUT2D eigenvalue weighted by atomic mass is 9.79. The van der Waals surface area contributed by atoms with E-state index in [9.17, 15) is 0 Å². The van der Waals surface area contributed by atoms with Crippen molar-refractivity contribution in [2.24, 2.45) is 0 Å². The van der Waals surface area contributed by atoms with E-state index in [1.165, 1.54) is 0 Å². The summed E-state index contributed by atoms with van der Waals surface area (Å²) in [4.78, 5) is 0. The molecule has 0 saturated heterocycles. The first-order valence-corrected chi connectivity index (χ1v) is 5.02. The van der Waals surface area contributed by atoms with E-state index in [0.717, 1.165) is 21.7 Å². The van der Waals surface area contributed by atoms with Crippen molar-refractivity contribution >= 4 is 34.3 Å². The number of fused-ring (bicyclic) bond motifs is 3. The van der Waals surface area contributed by atoms with Gasteiger partial charge in [-0.15, -0.1) is 0 Å². The maximum Gasteiger partial charge on any atom is 0.488 e. The average Bonchev–Trinajstić information content (AvgIpc) is 2.76. The van der Waals surface area contributed by atoms with Crippen LogP contribution in [0.5, 0.6) is 0 Å². The zero-order valence-electron chi connectivity index (χ0n) is 8.42. The minimum absolute atomic E-state index is 0.487. The van der Waals surface area contributed by atoms with E-state index in [1.807, 2.05) is 24.3 Å². The van der Waals surface area contributed by atoms with Gasteiger partial charge in [-0.3, -0.25) is 0 Å². The van der Waals surface area contributed by atoms with Crippen LogP contribution in [0.1, 0.15) is 0 Å². The second-order valence-electron chi connectivity index (χ2n) is 3.75. The molecular formula is C12H9BO3. The summed E-state index contributed by atoms with van der Waals surface area (Å²) in [6, 6.07) is 11.1. The van der Waals surface area contributed by atoms with Crippen molar-refractivity contribution in [3.8, 4) is 0 Å². The second kappa shape index (κ2) is 3.37. The van der Waals surface area contributed by atoms with Crippen molar-refractivity contribution in [3.63, 3.8) is 0 Å². The lowest BCUT2D eigenvalue weighted by molar-refractivity contribution is 0.426. The fraction of sp³-hybridized carbons (Fsp3) is 0. The van der Waals surface area contributed by atoms with Crippen molar-refractivity contribution in [1.82, 2.24) is 0 Å². The third-order valence-electron chi connectivity index (χ3n) is 2.78. The highest BCUT2D eigenvalue weighted by Crippen LogP contribution is 2.25. The molecule has 1 aromatic heterocycles. The van der Waals surface area contributed by atoms with Crippen molar-refractivity contribution in [2.75, 3.05) is 0 Å². The molecule has 3 rings (SSSR count). The molecule has 0 aliphatic carbocycles. The molecule has 78 valence electrons. The molecule has 0 unspecified atom stereocenters. The van der Waals surface area contributed by atoms with Crippen LogP contribution in [0.15, 0.2) is 47.1 Å². The van der Waals surface area contributed by atoms with Crippen molar-refractivity contribution < 1.29 is 14.5 Å². The molecule has 3 aromatic rings. The Labute approximate surface area is 92.1 Å². The smallest absolute Gasteiger partial charge is 0.464 e. The predicted molar refractivity (Wildman–Crippen MR) is 63.5 cm³/mol. The molecule has 16 heavy (non-hydrogen) atoms. The van der Waals surface area contributed by atoms with Crippen LogP contribution in [0.2, 0.25) is 0 Å². The molecule has 2 N–H and O–H groups in total. The van der Waals surface area contributed by atoms with E-state index >= 15 is 0 Å². The molecule has 3 nitrogen and oxygen atoms in total. The van der Waals surface area contributed by atoms with Crippen LogP contribution in [0.25, 0.3) is 21.7 Å². The Bertz CT molecular complexity index is 657. The van der Waals surface area contributed by atoms with Crippen molar-refractivity contribution in [1.29, 1.82) is 0 Å². The van der Waals surface area contributed by atoms with Gasteiger partial charge in [0.15, 0.2) is 0 Å². The van der Waals surface area contributed by atoms with Crippen LogP contribution in [0.4, 0.5) is 0 Å². The first-order valence-electron chi connectivity index (χ1n) is 5.02. The van der Waals surface area contributed by atoms with Crippen molar-refractivity contribution in [3.05, 3.63) is 42.7 Å². The van der Waals surface area contributed by atoms with Gasteiger partial charge in [-0.05, 0) is 28.4 Å². The van der Waals surface area contributed by atoms with Gasteiger partial charge >= 0.3 is 7.12 Å². The highest BCUT2D eigenvalue weighted by atomic mass is 16.4. The molecule has 0 spiro atoms. The molecule has 0 fully saturated rings. The standard InChI is InChI=1S/C12H9BO3/c14-13(15)9-3-1-8-2-4-12-10(5-6-16-12)11(8)7-9/h1-7,14-15H. The largest absolute Gasteiger partial charge is 0.488 e. The van der Waals surface area contributed by atoms with E-state index in [0.29, 0.717) is 5.46 Å². The number of benzene rings is 2. The molecule has 1 heterocycles. The minimum atomic E-state index is -1.44. The number of rotatable bonds is 1. The van der Waals surface area contributed by atoms with Crippen LogP contribution in [0, 0.1) is 0 Å². The minimum Gasteiger partial charge on any atom is -0.464 e. The Balaban J connectivity index is 2.41. The van der Waals surface area contributed by atoms with Gasteiger partial charge in [0.2, 0.25) is 0 Å². The molecule has 0 amide bonds. The van der Waals surface area contributed by atoms with Gasteiger partial charge in [-0.25, -0.2) is 0 Å². The first kappa shape index (κ1) is 9.45. The molecule has 4 heteroatoms. The lowest BCUT2D eigenvalue weighted by Gasteiger charge is -2.03. The van der Waals surface area contributed by atoms with Gasteiger partial charge in [0.05, 0.1) is 6.26 Å². The Morgan fingerprint density at radius 1 is 0.938 bits per heavy atom.